The summed E-state index contributed by atoms with van der Waals surface area (Å²) >= 11 is 1.66. The molecule has 0 N–H and O–H groups in total. The van der Waals surface area contributed by atoms with Gasteiger partial charge in [0.15, 0.2) is 0 Å². The molecule has 1 atom stereocenters. The lowest BCUT2D eigenvalue weighted by atomic mass is 10.1. The molecule has 0 aliphatic carbocycles. The zero-order valence-corrected chi connectivity index (χ0v) is 16.7. The lowest BCUT2D eigenvalue weighted by Gasteiger charge is -2.24. The summed E-state index contributed by atoms with van der Waals surface area (Å²) in [6, 6.07) is 10.6. The van der Waals surface area contributed by atoms with Gasteiger partial charge in [0, 0.05) is 30.1 Å². The molecule has 1 fully saturated rings. The molecule has 2 aromatic rings. The lowest BCUT2D eigenvalue weighted by Crippen LogP contribution is -2.32. The SMILES string of the molecule is CCN(CC)S(=O)(=O)c1cccc(C(=O)N2CCC[C@H]2c2cccs2)c1. The standard InChI is InChI=1S/C19H24N2O3S2/c1-3-20(4-2)26(23,24)16-9-5-8-15(14-16)19(22)21-12-6-10-17(21)18-11-7-13-25-18/h5,7-9,11,13-14,17H,3-4,6,10,12H2,1-2H3/t17-/m0/s1. The summed E-state index contributed by atoms with van der Waals surface area (Å²) in [7, 11) is -3.57. The number of amides is 1. The van der Waals surface area contributed by atoms with Crippen molar-refractivity contribution >= 4 is 27.3 Å². The fourth-order valence-electron chi connectivity index (χ4n) is 3.45. The van der Waals surface area contributed by atoms with Crippen molar-refractivity contribution in [2.24, 2.45) is 0 Å². The quantitative estimate of drug-likeness (QED) is 0.752. The van der Waals surface area contributed by atoms with Crippen LogP contribution in [0.5, 0.6) is 0 Å². The molecule has 0 bridgehead atoms. The van der Waals surface area contributed by atoms with Crippen LogP contribution in [0.1, 0.15) is 48.0 Å². The first kappa shape index (κ1) is 19.1. The smallest absolute Gasteiger partial charge is 0.254 e. The molecule has 1 saturated heterocycles. The zero-order chi connectivity index (χ0) is 18.7. The number of carbonyl (C=O) groups excluding carboxylic acids is 1. The third-order valence-electron chi connectivity index (χ3n) is 4.81. The third-order valence-corrected chi connectivity index (χ3v) is 7.83. The van der Waals surface area contributed by atoms with Crippen LogP contribution < -0.4 is 0 Å². The first-order valence-electron chi connectivity index (χ1n) is 8.93. The third kappa shape index (κ3) is 3.56. The highest BCUT2D eigenvalue weighted by atomic mass is 32.2. The van der Waals surface area contributed by atoms with E-state index in [1.807, 2.05) is 30.2 Å². The fraction of sp³-hybridized carbons (Fsp3) is 0.421. The van der Waals surface area contributed by atoms with Crippen LogP contribution in [-0.4, -0.2) is 43.2 Å². The molecule has 2 heterocycles. The van der Waals surface area contributed by atoms with Gasteiger partial charge >= 0.3 is 0 Å². The Morgan fingerprint density at radius 1 is 1.23 bits per heavy atom. The highest BCUT2D eigenvalue weighted by molar-refractivity contribution is 7.89. The molecule has 1 amide bonds. The van der Waals surface area contributed by atoms with Gasteiger partial charge in [-0.2, -0.15) is 4.31 Å². The van der Waals surface area contributed by atoms with Crippen LogP contribution in [0.4, 0.5) is 0 Å². The minimum atomic E-state index is -3.57. The van der Waals surface area contributed by atoms with E-state index in [0.717, 1.165) is 12.8 Å². The summed E-state index contributed by atoms with van der Waals surface area (Å²) in [5, 5.41) is 2.02. The molecule has 0 radical (unpaired) electrons. The van der Waals surface area contributed by atoms with Gasteiger partial charge in [-0.25, -0.2) is 8.42 Å². The number of carbonyl (C=O) groups is 1. The molecular formula is C19H24N2O3S2. The van der Waals surface area contributed by atoms with Crippen molar-refractivity contribution < 1.29 is 13.2 Å². The lowest BCUT2D eigenvalue weighted by molar-refractivity contribution is 0.0737. The van der Waals surface area contributed by atoms with Crippen LogP contribution in [0.3, 0.4) is 0 Å². The molecular weight excluding hydrogens is 368 g/mol. The number of sulfonamides is 1. The maximum atomic E-state index is 13.1. The number of hydrogen-bond acceptors (Lipinski definition) is 4. The molecule has 3 rings (SSSR count). The van der Waals surface area contributed by atoms with Gasteiger partial charge in [-0.1, -0.05) is 26.0 Å². The largest absolute Gasteiger partial charge is 0.331 e. The van der Waals surface area contributed by atoms with Crippen LogP contribution in [0.25, 0.3) is 0 Å². The van der Waals surface area contributed by atoms with E-state index in [0.29, 0.717) is 25.2 Å². The first-order valence-corrected chi connectivity index (χ1v) is 11.3. The van der Waals surface area contributed by atoms with Crippen LogP contribution in [0.15, 0.2) is 46.7 Å². The zero-order valence-electron chi connectivity index (χ0n) is 15.1. The Labute approximate surface area is 159 Å². The van der Waals surface area contributed by atoms with Crippen molar-refractivity contribution in [2.75, 3.05) is 19.6 Å². The molecule has 0 saturated carbocycles. The van der Waals surface area contributed by atoms with Gasteiger partial charge in [-0.05, 0) is 42.5 Å². The molecule has 1 aromatic heterocycles. The van der Waals surface area contributed by atoms with E-state index in [1.54, 1.807) is 29.5 Å². The average molecular weight is 393 g/mol. The maximum absolute atomic E-state index is 13.1. The number of nitrogens with zero attached hydrogens (tertiary/aromatic N) is 2. The van der Waals surface area contributed by atoms with Crippen molar-refractivity contribution in [2.45, 2.75) is 37.6 Å². The molecule has 140 valence electrons. The van der Waals surface area contributed by atoms with Gasteiger partial charge in [0.05, 0.1) is 10.9 Å². The van der Waals surface area contributed by atoms with Crippen molar-refractivity contribution in [1.82, 2.24) is 9.21 Å². The summed E-state index contributed by atoms with van der Waals surface area (Å²) in [6.07, 6.45) is 1.91. The summed E-state index contributed by atoms with van der Waals surface area (Å²) in [5.41, 5.74) is 0.432. The average Bonchev–Trinajstić information content (AvgIpc) is 3.33. The Balaban J connectivity index is 1.89. The molecule has 5 nitrogen and oxygen atoms in total. The highest BCUT2D eigenvalue weighted by Gasteiger charge is 2.32. The second-order valence-electron chi connectivity index (χ2n) is 6.29. The summed E-state index contributed by atoms with van der Waals surface area (Å²) in [6.45, 7) is 5.14. The topological polar surface area (TPSA) is 57.7 Å². The fourth-order valence-corrected chi connectivity index (χ4v) is 5.83. The number of thiophene rings is 1. The van der Waals surface area contributed by atoms with Gasteiger partial charge in [-0.15, -0.1) is 11.3 Å². The van der Waals surface area contributed by atoms with Crippen LogP contribution in [-0.2, 0) is 10.0 Å². The van der Waals surface area contributed by atoms with Gasteiger partial charge in [-0.3, -0.25) is 4.79 Å². The van der Waals surface area contributed by atoms with Crippen molar-refractivity contribution in [3.05, 3.63) is 52.2 Å². The van der Waals surface area contributed by atoms with Gasteiger partial charge in [0.2, 0.25) is 10.0 Å². The van der Waals surface area contributed by atoms with E-state index in [9.17, 15) is 13.2 Å². The van der Waals surface area contributed by atoms with Crippen molar-refractivity contribution in [3.8, 4) is 0 Å². The van der Waals surface area contributed by atoms with E-state index >= 15 is 0 Å². The second-order valence-corrected chi connectivity index (χ2v) is 9.21. The summed E-state index contributed by atoms with van der Waals surface area (Å²) in [4.78, 5) is 16.3. The van der Waals surface area contributed by atoms with Gasteiger partial charge in [0.1, 0.15) is 0 Å². The van der Waals surface area contributed by atoms with Crippen LogP contribution in [0, 0.1) is 0 Å². The number of likely N-dealkylation sites (tertiary alicyclic amines) is 1. The van der Waals surface area contributed by atoms with Gasteiger partial charge in [0.25, 0.3) is 5.91 Å². The van der Waals surface area contributed by atoms with Crippen LogP contribution >= 0.6 is 11.3 Å². The predicted molar refractivity (Wildman–Crippen MR) is 104 cm³/mol. The highest BCUT2D eigenvalue weighted by Crippen LogP contribution is 2.35. The molecule has 7 heteroatoms. The Hall–Kier alpha value is -1.70. The Morgan fingerprint density at radius 2 is 2.00 bits per heavy atom. The van der Waals surface area contributed by atoms with Crippen molar-refractivity contribution in [1.29, 1.82) is 0 Å². The minimum absolute atomic E-state index is 0.0885. The van der Waals surface area contributed by atoms with Gasteiger partial charge < -0.3 is 4.90 Å². The maximum Gasteiger partial charge on any atom is 0.254 e. The molecule has 1 aliphatic rings. The Morgan fingerprint density at radius 3 is 2.65 bits per heavy atom. The first-order chi connectivity index (χ1) is 12.5. The monoisotopic (exact) mass is 392 g/mol. The number of hydrogen-bond donors (Lipinski definition) is 0. The molecule has 26 heavy (non-hydrogen) atoms. The van der Waals surface area contributed by atoms with E-state index in [1.165, 1.54) is 15.2 Å². The van der Waals surface area contributed by atoms with Crippen molar-refractivity contribution in [3.63, 3.8) is 0 Å². The summed E-state index contributed by atoms with van der Waals surface area (Å²) in [5.74, 6) is -0.0995. The number of benzene rings is 1. The molecule has 0 spiro atoms. The number of rotatable bonds is 6. The van der Waals surface area contributed by atoms with E-state index in [4.69, 9.17) is 0 Å². The van der Waals surface area contributed by atoms with E-state index < -0.39 is 10.0 Å². The molecule has 0 unspecified atom stereocenters. The normalized spacial score (nSPS) is 17.8. The van der Waals surface area contributed by atoms with Crippen LogP contribution in [0.2, 0.25) is 0 Å². The molecule has 1 aromatic carbocycles. The van der Waals surface area contributed by atoms with E-state index in [-0.39, 0.29) is 16.8 Å². The Kier molecular flexibility index (Phi) is 5.79. The minimum Gasteiger partial charge on any atom is -0.331 e. The molecule has 1 aliphatic heterocycles. The predicted octanol–water partition coefficient (Wildman–Crippen LogP) is 3.76. The second kappa shape index (κ2) is 7.90. The Bertz CT molecular complexity index is 859. The van der Waals surface area contributed by atoms with E-state index in [2.05, 4.69) is 6.07 Å². The summed E-state index contributed by atoms with van der Waals surface area (Å²) < 4.78 is 26.9.